The van der Waals surface area contributed by atoms with Crippen LogP contribution in [0.3, 0.4) is 0 Å². The van der Waals surface area contributed by atoms with Gasteiger partial charge in [-0.2, -0.15) is 0 Å². The molecule has 3 N–H and O–H groups in total. The summed E-state index contributed by atoms with van der Waals surface area (Å²) in [6, 6.07) is 2.61. The van der Waals surface area contributed by atoms with E-state index in [1.807, 2.05) is 6.20 Å². The fourth-order valence-corrected chi connectivity index (χ4v) is 2.69. The predicted molar refractivity (Wildman–Crippen MR) is 85.6 cm³/mol. The number of fused-ring (bicyclic) bond motifs is 1. The van der Waals surface area contributed by atoms with Gasteiger partial charge in [-0.05, 0) is 24.1 Å². The molecular formula is C17H16FN3O2. The average Bonchev–Trinajstić information content (AvgIpc) is 3.14. The van der Waals surface area contributed by atoms with E-state index in [4.69, 9.17) is 0 Å². The predicted octanol–water partition coefficient (Wildman–Crippen LogP) is 2.63. The van der Waals surface area contributed by atoms with E-state index in [0.29, 0.717) is 30.3 Å². The summed E-state index contributed by atoms with van der Waals surface area (Å²) in [5, 5.41) is 5.99. The van der Waals surface area contributed by atoms with Gasteiger partial charge in [0.25, 0.3) is 5.91 Å². The molecule has 1 aliphatic rings. The molecule has 0 fully saturated rings. The lowest BCUT2D eigenvalue weighted by molar-refractivity contribution is 0.0955. The van der Waals surface area contributed by atoms with Gasteiger partial charge in [0.1, 0.15) is 5.82 Å². The maximum absolute atomic E-state index is 13.9. The molecule has 2 heterocycles. The lowest BCUT2D eigenvalue weighted by atomic mass is 10.1. The van der Waals surface area contributed by atoms with Gasteiger partial charge in [0.15, 0.2) is 6.29 Å². The highest BCUT2D eigenvalue weighted by molar-refractivity contribution is 6.09. The van der Waals surface area contributed by atoms with E-state index in [2.05, 4.69) is 22.2 Å². The van der Waals surface area contributed by atoms with Crippen LogP contribution in [0.25, 0.3) is 10.9 Å². The molecule has 1 aromatic heterocycles. The summed E-state index contributed by atoms with van der Waals surface area (Å²) in [4.78, 5) is 26.1. The van der Waals surface area contributed by atoms with Gasteiger partial charge in [-0.1, -0.05) is 6.58 Å². The third kappa shape index (κ3) is 2.88. The Hall–Kier alpha value is -2.89. The second kappa shape index (κ2) is 6.08. The Kier molecular flexibility index (Phi) is 3.97. The van der Waals surface area contributed by atoms with Gasteiger partial charge in [-0.15, -0.1) is 0 Å². The Morgan fingerprint density at radius 3 is 2.96 bits per heavy atom. The van der Waals surface area contributed by atoms with Crippen LogP contribution in [0.15, 0.2) is 42.4 Å². The Morgan fingerprint density at radius 1 is 1.43 bits per heavy atom. The minimum Gasteiger partial charge on any atom is -0.365 e. The third-order valence-corrected chi connectivity index (χ3v) is 3.84. The van der Waals surface area contributed by atoms with Gasteiger partial charge in [-0.3, -0.25) is 9.59 Å². The number of aromatic nitrogens is 1. The quantitative estimate of drug-likeness (QED) is 0.743. The standard InChI is InChI=1S/C17H16FN3O2/c1-10-6-11(7-20-10)4-5-19-17(23)13-2-3-14(18)15-12(9-22)8-21-16(13)15/h2-3,7-9,20-21H,1,4-6H2,(H,19,23). The van der Waals surface area contributed by atoms with Crippen molar-refractivity contribution >= 4 is 23.1 Å². The summed E-state index contributed by atoms with van der Waals surface area (Å²) < 4.78 is 13.9. The fourth-order valence-electron chi connectivity index (χ4n) is 2.69. The van der Waals surface area contributed by atoms with Crippen molar-refractivity contribution in [1.29, 1.82) is 0 Å². The lowest BCUT2D eigenvalue weighted by Gasteiger charge is -2.07. The molecule has 0 bridgehead atoms. The molecule has 0 atom stereocenters. The molecule has 0 saturated carbocycles. The highest BCUT2D eigenvalue weighted by Crippen LogP contribution is 2.24. The molecule has 2 aromatic rings. The maximum atomic E-state index is 13.9. The number of aldehydes is 1. The first-order valence-corrected chi connectivity index (χ1v) is 7.25. The number of allylic oxidation sites excluding steroid dienone is 1. The summed E-state index contributed by atoms with van der Waals surface area (Å²) in [5.41, 5.74) is 2.96. The van der Waals surface area contributed by atoms with Crippen molar-refractivity contribution in [3.05, 3.63) is 59.3 Å². The molecule has 6 heteroatoms. The number of carbonyl (C=O) groups excluding carboxylic acids is 2. The smallest absolute Gasteiger partial charge is 0.253 e. The molecule has 3 rings (SSSR count). The summed E-state index contributed by atoms with van der Waals surface area (Å²) in [6.07, 6.45) is 5.36. The van der Waals surface area contributed by atoms with Crippen LogP contribution in [0, 0.1) is 5.82 Å². The SMILES string of the molecule is C=C1CC(CCNC(=O)c2ccc(F)c3c(C=O)c[nH]c23)=CN1. The zero-order valence-electron chi connectivity index (χ0n) is 12.4. The first kappa shape index (κ1) is 15.0. The van der Waals surface area contributed by atoms with Crippen molar-refractivity contribution < 1.29 is 14.0 Å². The number of H-pyrrole nitrogens is 1. The second-order valence-electron chi connectivity index (χ2n) is 5.44. The molecule has 1 amide bonds. The first-order valence-electron chi connectivity index (χ1n) is 7.25. The average molecular weight is 313 g/mol. The number of halogens is 1. The number of nitrogens with one attached hydrogen (secondary N) is 3. The van der Waals surface area contributed by atoms with Crippen molar-refractivity contribution in [2.24, 2.45) is 0 Å². The van der Waals surface area contributed by atoms with E-state index in [0.717, 1.165) is 12.1 Å². The van der Waals surface area contributed by atoms with Crippen LogP contribution in [0.1, 0.15) is 33.6 Å². The van der Waals surface area contributed by atoms with Crippen molar-refractivity contribution in [2.45, 2.75) is 12.8 Å². The van der Waals surface area contributed by atoms with E-state index in [1.54, 1.807) is 0 Å². The van der Waals surface area contributed by atoms with Gasteiger partial charge in [-0.25, -0.2) is 4.39 Å². The zero-order valence-corrected chi connectivity index (χ0v) is 12.4. The van der Waals surface area contributed by atoms with Gasteiger partial charge in [0.2, 0.25) is 0 Å². The molecule has 0 aliphatic carbocycles. The largest absolute Gasteiger partial charge is 0.365 e. The van der Waals surface area contributed by atoms with Crippen LogP contribution in [0.4, 0.5) is 4.39 Å². The molecule has 5 nitrogen and oxygen atoms in total. The van der Waals surface area contributed by atoms with Crippen molar-refractivity contribution in [3.8, 4) is 0 Å². The number of carbonyl (C=O) groups is 2. The van der Waals surface area contributed by atoms with Crippen LogP contribution in [-0.4, -0.2) is 23.7 Å². The van der Waals surface area contributed by atoms with Gasteiger partial charge in [0.05, 0.1) is 11.1 Å². The zero-order chi connectivity index (χ0) is 16.4. The van der Waals surface area contributed by atoms with E-state index >= 15 is 0 Å². The van der Waals surface area contributed by atoms with Crippen LogP contribution in [-0.2, 0) is 0 Å². The van der Waals surface area contributed by atoms with E-state index in [1.165, 1.54) is 23.9 Å². The monoisotopic (exact) mass is 313 g/mol. The van der Waals surface area contributed by atoms with Crippen LogP contribution in [0.2, 0.25) is 0 Å². The van der Waals surface area contributed by atoms with E-state index in [-0.39, 0.29) is 16.9 Å². The summed E-state index contributed by atoms with van der Waals surface area (Å²) in [7, 11) is 0. The Morgan fingerprint density at radius 2 is 2.26 bits per heavy atom. The minimum absolute atomic E-state index is 0.145. The van der Waals surface area contributed by atoms with Crippen LogP contribution in [0.5, 0.6) is 0 Å². The topological polar surface area (TPSA) is 74.0 Å². The van der Waals surface area contributed by atoms with Crippen LogP contribution >= 0.6 is 0 Å². The molecule has 118 valence electrons. The molecule has 1 aromatic carbocycles. The number of rotatable bonds is 5. The summed E-state index contributed by atoms with van der Waals surface area (Å²) >= 11 is 0. The number of aromatic amines is 1. The number of hydrogen-bond donors (Lipinski definition) is 3. The number of amides is 1. The maximum Gasteiger partial charge on any atom is 0.253 e. The normalized spacial score (nSPS) is 13.8. The molecule has 0 spiro atoms. The lowest BCUT2D eigenvalue weighted by Crippen LogP contribution is -2.25. The number of hydrogen-bond acceptors (Lipinski definition) is 3. The van der Waals surface area contributed by atoms with E-state index < -0.39 is 5.82 Å². The Bertz CT molecular complexity index is 836. The minimum atomic E-state index is -0.527. The Labute approximate surface area is 132 Å². The van der Waals surface area contributed by atoms with E-state index in [9.17, 15) is 14.0 Å². The molecule has 23 heavy (non-hydrogen) atoms. The molecule has 0 saturated heterocycles. The Balaban J connectivity index is 1.74. The molecule has 1 aliphatic heterocycles. The third-order valence-electron chi connectivity index (χ3n) is 3.84. The van der Waals surface area contributed by atoms with Crippen molar-refractivity contribution in [3.63, 3.8) is 0 Å². The van der Waals surface area contributed by atoms with Gasteiger partial charge < -0.3 is 15.6 Å². The fraction of sp³-hybridized carbons (Fsp3) is 0.176. The summed E-state index contributed by atoms with van der Waals surface area (Å²) in [5.74, 6) is -0.833. The highest BCUT2D eigenvalue weighted by Gasteiger charge is 2.17. The molecule has 0 radical (unpaired) electrons. The highest BCUT2D eigenvalue weighted by atomic mass is 19.1. The van der Waals surface area contributed by atoms with Gasteiger partial charge >= 0.3 is 0 Å². The summed E-state index contributed by atoms with van der Waals surface area (Å²) in [6.45, 7) is 4.30. The van der Waals surface area contributed by atoms with Crippen molar-refractivity contribution in [2.75, 3.05) is 6.54 Å². The van der Waals surface area contributed by atoms with Crippen LogP contribution < -0.4 is 10.6 Å². The van der Waals surface area contributed by atoms with Crippen molar-refractivity contribution in [1.82, 2.24) is 15.6 Å². The number of benzene rings is 1. The first-order chi connectivity index (χ1) is 11.1. The van der Waals surface area contributed by atoms with Gasteiger partial charge in [0, 0.05) is 42.0 Å². The molecule has 0 unspecified atom stereocenters. The molecular weight excluding hydrogens is 297 g/mol. The second-order valence-corrected chi connectivity index (χ2v) is 5.44.